The van der Waals surface area contributed by atoms with E-state index in [2.05, 4.69) is 0 Å². The van der Waals surface area contributed by atoms with Gasteiger partial charge in [-0.25, -0.2) is 0 Å². The van der Waals surface area contributed by atoms with Crippen molar-refractivity contribution in [1.82, 2.24) is 39.2 Å². The first kappa shape index (κ1) is 56.8. The third-order valence-electron chi connectivity index (χ3n) is 11.0. The summed E-state index contributed by atoms with van der Waals surface area (Å²) in [7, 11) is 22.1. The Morgan fingerprint density at radius 1 is 0.406 bits per heavy atom. The normalized spacial score (nSPS) is 12.9. The number of aliphatic hydroxyl groups is 4. The van der Waals surface area contributed by atoms with Crippen molar-refractivity contribution in [3.05, 3.63) is 71.8 Å². The average Bonchev–Trinajstić information content (AvgIpc) is 3.30. The van der Waals surface area contributed by atoms with Crippen LogP contribution in [-0.2, 0) is 6.42 Å². The highest BCUT2D eigenvalue weighted by atomic mass is 32.1. The number of rotatable bonds is 22. The van der Waals surface area contributed by atoms with Crippen LogP contribution in [0.3, 0.4) is 0 Å². The van der Waals surface area contributed by atoms with E-state index in [1.165, 1.54) is 0 Å². The summed E-state index contributed by atoms with van der Waals surface area (Å²) in [4.78, 5) is 14.4. The van der Waals surface area contributed by atoms with Gasteiger partial charge in [0.05, 0.1) is 0 Å². The summed E-state index contributed by atoms with van der Waals surface area (Å²) < 4.78 is 25.5. The van der Waals surface area contributed by atoms with E-state index >= 15 is 0 Å². The SMILES string of the molecule is CN(C)C(=S)N(C)CC(O)COc1ccc2ccc(OCC(O)CN(C)C(=S)N(C)C)c(Cc3c(OCC(O)CN(C)C(=S)N(C)C)ccc4ccc(OCC(O)CN(C)C(=S)N(C)C)cc34)c2c1. The molecule has 4 atom stereocenters. The smallest absolute Gasteiger partial charge is 0.170 e. The van der Waals surface area contributed by atoms with Crippen LogP contribution in [-0.4, -0.2) is 242 Å². The summed E-state index contributed by atoms with van der Waals surface area (Å²) in [6.45, 7) is 0.978. The van der Waals surface area contributed by atoms with Crippen LogP contribution in [0.25, 0.3) is 21.5 Å². The highest BCUT2D eigenvalue weighted by molar-refractivity contribution is 7.80. The summed E-state index contributed by atoms with van der Waals surface area (Å²) in [5.74, 6) is 2.10. The second-order valence-electron chi connectivity index (χ2n) is 18.1. The minimum Gasteiger partial charge on any atom is -0.491 e. The molecule has 0 saturated heterocycles. The third-order valence-corrected chi connectivity index (χ3v) is 13.7. The van der Waals surface area contributed by atoms with Crippen LogP contribution in [0.4, 0.5) is 0 Å². The molecule has 0 saturated carbocycles. The molecule has 380 valence electrons. The van der Waals surface area contributed by atoms with Gasteiger partial charge in [0.2, 0.25) is 0 Å². The van der Waals surface area contributed by atoms with Crippen LogP contribution in [0.5, 0.6) is 23.0 Å². The summed E-state index contributed by atoms with van der Waals surface area (Å²) in [5, 5.41) is 50.2. The standard InChI is InChI=1S/C49H72N8O8S4/c1-50(2)46(66)54(9)24-34(58)28-62-38-17-13-32-15-19-44(64-30-36(60)26-56(11)48(68)52(5)6)42(40(32)21-38)23-43-41-22-39(63-29-35(59)25-55(10)47(67)51(3)4)18-14-33(41)16-20-45(43)65-31-37(61)27-57(12)49(69)53(7)8/h13-22,34-37,58-61H,23-31H2,1-12H3. The molecule has 0 amide bonds. The van der Waals surface area contributed by atoms with Crippen molar-refractivity contribution in [3.8, 4) is 23.0 Å². The van der Waals surface area contributed by atoms with Gasteiger partial charge in [-0.15, -0.1) is 0 Å². The molecule has 20 heteroatoms. The fraction of sp³-hybridized carbons (Fsp3) is 0.510. The van der Waals surface area contributed by atoms with E-state index in [-0.39, 0.29) is 59.0 Å². The highest BCUT2D eigenvalue weighted by Gasteiger charge is 2.22. The maximum atomic E-state index is 11.2. The quantitative estimate of drug-likeness (QED) is 0.0851. The van der Waals surface area contributed by atoms with E-state index in [1.807, 2.05) is 145 Å². The Morgan fingerprint density at radius 2 is 0.667 bits per heavy atom. The second kappa shape index (κ2) is 26.4. The van der Waals surface area contributed by atoms with Crippen molar-refractivity contribution in [1.29, 1.82) is 0 Å². The van der Waals surface area contributed by atoms with Crippen molar-refractivity contribution in [2.45, 2.75) is 30.8 Å². The predicted molar refractivity (Wildman–Crippen MR) is 292 cm³/mol. The molecule has 4 aromatic carbocycles. The van der Waals surface area contributed by atoms with Crippen molar-refractivity contribution in [2.24, 2.45) is 0 Å². The van der Waals surface area contributed by atoms with Gasteiger partial charge in [0.25, 0.3) is 0 Å². The molecule has 0 aliphatic heterocycles. The van der Waals surface area contributed by atoms with Gasteiger partial charge in [-0.2, -0.15) is 0 Å². The predicted octanol–water partition coefficient (Wildman–Crippen LogP) is 3.66. The first-order valence-corrected chi connectivity index (χ1v) is 24.1. The number of fused-ring (bicyclic) bond motifs is 2. The zero-order valence-electron chi connectivity index (χ0n) is 42.1. The molecule has 4 rings (SSSR count). The van der Waals surface area contributed by atoms with Crippen molar-refractivity contribution >= 4 is 90.9 Å². The molecule has 69 heavy (non-hydrogen) atoms. The van der Waals surface area contributed by atoms with E-state index in [1.54, 1.807) is 39.2 Å². The Morgan fingerprint density at radius 3 is 0.942 bits per heavy atom. The van der Waals surface area contributed by atoms with Crippen LogP contribution >= 0.6 is 48.9 Å². The summed E-state index contributed by atoms with van der Waals surface area (Å²) in [6, 6.07) is 19.2. The lowest BCUT2D eigenvalue weighted by molar-refractivity contribution is 0.0893. The van der Waals surface area contributed by atoms with E-state index in [0.29, 0.717) is 43.4 Å². The van der Waals surface area contributed by atoms with E-state index in [9.17, 15) is 20.4 Å². The number of nitrogens with zero attached hydrogens (tertiary/aromatic N) is 8. The first-order valence-electron chi connectivity index (χ1n) is 22.5. The van der Waals surface area contributed by atoms with Gasteiger partial charge >= 0.3 is 0 Å². The van der Waals surface area contributed by atoms with Crippen LogP contribution < -0.4 is 18.9 Å². The number of likely N-dealkylation sites (N-methyl/N-ethyl adjacent to an activating group) is 4. The molecule has 0 aliphatic carbocycles. The maximum Gasteiger partial charge on any atom is 0.170 e. The van der Waals surface area contributed by atoms with Crippen LogP contribution in [0, 0.1) is 0 Å². The van der Waals surface area contributed by atoms with Crippen molar-refractivity contribution in [2.75, 3.05) is 137 Å². The zero-order chi connectivity index (χ0) is 51.3. The van der Waals surface area contributed by atoms with Gasteiger partial charge in [-0.1, -0.05) is 24.3 Å². The molecule has 4 aromatic rings. The maximum absolute atomic E-state index is 11.2. The van der Waals surface area contributed by atoms with Crippen LogP contribution in [0.1, 0.15) is 11.1 Å². The summed E-state index contributed by atoms with van der Waals surface area (Å²) >= 11 is 22.0. The minimum atomic E-state index is -0.893. The third kappa shape index (κ3) is 16.7. The van der Waals surface area contributed by atoms with E-state index < -0.39 is 24.4 Å². The largest absolute Gasteiger partial charge is 0.491 e. The molecule has 0 bridgehead atoms. The lowest BCUT2D eigenvalue weighted by Crippen LogP contribution is -2.41. The molecule has 0 fully saturated rings. The zero-order valence-corrected chi connectivity index (χ0v) is 45.3. The minimum absolute atomic E-state index is 0.0140. The molecule has 0 aliphatic rings. The lowest BCUT2D eigenvalue weighted by atomic mass is 9.93. The number of ether oxygens (including phenoxy) is 4. The molecular formula is C49H72N8O8S4. The fourth-order valence-corrected chi connectivity index (χ4v) is 7.88. The molecule has 0 heterocycles. The van der Waals surface area contributed by atoms with Gasteiger partial charge < -0.3 is 78.6 Å². The number of hydrogen-bond donors (Lipinski definition) is 4. The Bertz CT molecular complexity index is 2200. The highest BCUT2D eigenvalue weighted by Crippen LogP contribution is 2.38. The molecule has 0 spiro atoms. The number of benzene rings is 4. The monoisotopic (exact) mass is 1030 g/mol. The number of thiocarbonyl (C=S) groups is 4. The van der Waals surface area contributed by atoms with E-state index in [4.69, 9.17) is 67.8 Å². The number of hydrogen-bond acceptors (Lipinski definition) is 12. The van der Waals surface area contributed by atoms with Gasteiger partial charge in [0, 0.05) is 128 Å². The van der Waals surface area contributed by atoms with E-state index in [0.717, 1.165) is 32.7 Å². The lowest BCUT2D eigenvalue weighted by Gasteiger charge is -2.28. The summed E-state index contributed by atoms with van der Waals surface area (Å²) in [5.41, 5.74) is 1.55. The van der Waals surface area contributed by atoms with Crippen LogP contribution in [0.15, 0.2) is 60.7 Å². The van der Waals surface area contributed by atoms with Gasteiger partial charge in [0.15, 0.2) is 20.4 Å². The van der Waals surface area contributed by atoms with Gasteiger partial charge in [-0.3, -0.25) is 0 Å². The fourth-order valence-electron chi connectivity index (χ4n) is 7.58. The molecule has 0 aromatic heterocycles. The molecule has 4 unspecified atom stereocenters. The molecule has 4 N–H and O–H groups in total. The molecular weight excluding hydrogens is 957 g/mol. The van der Waals surface area contributed by atoms with Crippen molar-refractivity contribution in [3.63, 3.8) is 0 Å². The molecule has 0 radical (unpaired) electrons. The molecule has 16 nitrogen and oxygen atoms in total. The van der Waals surface area contributed by atoms with Crippen molar-refractivity contribution < 1.29 is 39.4 Å². The van der Waals surface area contributed by atoms with Gasteiger partial charge in [0.1, 0.15) is 73.8 Å². The Balaban J connectivity index is 1.81. The topological polar surface area (TPSA) is 144 Å². The Hall–Kier alpha value is -4.80. The second-order valence-corrected chi connectivity index (χ2v) is 19.6. The average molecular weight is 1030 g/mol. The Labute approximate surface area is 430 Å². The summed E-state index contributed by atoms with van der Waals surface area (Å²) in [6.07, 6.45) is -3.20. The number of aliphatic hydroxyl groups excluding tert-OH is 4. The van der Waals surface area contributed by atoms with Gasteiger partial charge in [-0.05, 0) is 107 Å². The first-order chi connectivity index (χ1) is 32.5. The van der Waals surface area contributed by atoms with Crippen LogP contribution in [0.2, 0.25) is 0 Å². The Kier molecular flexibility index (Phi) is 21.7.